The molecule has 1 heterocycles. The molecule has 0 aromatic carbocycles. The number of carbonyl (C=O) groups excluding carboxylic acids is 1. The van der Waals surface area contributed by atoms with E-state index in [1.54, 1.807) is 0 Å². The van der Waals surface area contributed by atoms with E-state index in [2.05, 4.69) is 13.8 Å². The lowest BCUT2D eigenvalue weighted by atomic mass is 9.90. The Morgan fingerprint density at radius 3 is 2.80 bits per heavy atom. The molecule has 1 fully saturated rings. The third-order valence-corrected chi connectivity index (χ3v) is 3.21. The summed E-state index contributed by atoms with van der Waals surface area (Å²) in [7, 11) is 0. The lowest BCUT2D eigenvalue weighted by molar-refractivity contribution is -0.136. The fourth-order valence-electron chi connectivity index (χ4n) is 2.24. The first kappa shape index (κ1) is 12.5. The van der Waals surface area contributed by atoms with Crippen LogP contribution in [0.25, 0.3) is 0 Å². The van der Waals surface area contributed by atoms with Crippen LogP contribution in [-0.4, -0.2) is 35.6 Å². The van der Waals surface area contributed by atoms with Crippen molar-refractivity contribution in [2.45, 2.75) is 39.5 Å². The summed E-state index contributed by atoms with van der Waals surface area (Å²) in [5.41, 5.74) is 0. The number of hydrogen-bond donors (Lipinski definition) is 1. The van der Waals surface area contributed by atoms with Gasteiger partial charge in [-0.15, -0.1) is 0 Å². The van der Waals surface area contributed by atoms with E-state index in [0.717, 1.165) is 32.4 Å². The fraction of sp³-hybridized carbons (Fsp3) is 0.917. The first-order valence-electron chi connectivity index (χ1n) is 6.06. The normalized spacial score (nSPS) is 23.3. The van der Waals surface area contributed by atoms with Gasteiger partial charge in [0.05, 0.1) is 0 Å². The molecular formula is C12H23NO2. The van der Waals surface area contributed by atoms with Gasteiger partial charge in [0.1, 0.15) is 0 Å². The second kappa shape index (κ2) is 6.11. The molecule has 1 rings (SSSR count). The van der Waals surface area contributed by atoms with Crippen LogP contribution in [0.15, 0.2) is 0 Å². The Kier molecular flexibility index (Phi) is 5.09. The van der Waals surface area contributed by atoms with E-state index in [1.165, 1.54) is 0 Å². The van der Waals surface area contributed by atoms with Crippen LogP contribution in [0.4, 0.5) is 0 Å². The summed E-state index contributed by atoms with van der Waals surface area (Å²) >= 11 is 0. The second-order valence-corrected chi connectivity index (χ2v) is 4.75. The number of aliphatic hydroxyl groups excluding tert-OH is 1. The van der Waals surface area contributed by atoms with Crippen molar-refractivity contribution in [3.63, 3.8) is 0 Å². The van der Waals surface area contributed by atoms with E-state index in [9.17, 15) is 4.79 Å². The maximum Gasteiger partial charge on any atom is 0.225 e. The topological polar surface area (TPSA) is 40.5 Å². The Labute approximate surface area is 92.5 Å². The van der Waals surface area contributed by atoms with Gasteiger partial charge in [-0.1, -0.05) is 20.3 Å². The number of nitrogens with zero attached hydrogens (tertiary/aromatic N) is 1. The fourth-order valence-corrected chi connectivity index (χ4v) is 2.24. The number of carbonyl (C=O) groups is 1. The molecule has 0 aliphatic carbocycles. The number of likely N-dealkylation sites (tertiary alicyclic amines) is 1. The Hall–Kier alpha value is -0.570. The lowest BCUT2D eigenvalue weighted by Gasteiger charge is -2.26. The standard InChI is InChI=1S/C12H23NO2/c1-10(2)11-6-3-4-7-13(12(11)15)8-5-9-14/h10-11,14H,3-9H2,1-2H3. The van der Waals surface area contributed by atoms with Crippen LogP contribution < -0.4 is 0 Å². The van der Waals surface area contributed by atoms with Crippen LogP contribution >= 0.6 is 0 Å². The van der Waals surface area contributed by atoms with Gasteiger partial charge in [0.2, 0.25) is 5.91 Å². The molecule has 0 aromatic rings. The number of hydrogen-bond acceptors (Lipinski definition) is 2. The average molecular weight is 213 g/mol. The number of aliphatic hydroxyl groups is 1. The molecular weight excluding hydrogens is 190 g/mol. The quantitative estimate of drug-likeness (QED) is 0.771. The van der Waals surface area contributed by atoms with Gasteiger partial charge in [-0.05, 0) is 25.2 Å². The van der Waals surface area contributed by atoms with E-state index in [-0.39, 0.29) is 12.5 Å². The van der Waals surface area contributed by atoms with E-state index in [1.807, 2.05) is 4.90 Å². The van der Waals surface area contributed by atoms with E-state index < -0.39 is 0 Å². The predicted molar refractivity (Wildman–Crippen MR) is 60.5 cm³/mol. The summed E-state index contributed by atoms with van der Waals surface area (Å²) < 4.78 is 0. The maximum atomic E-state index is 12.1. The zero-order valence-electron chi connectivity index (χ0n) is 9.91. The summed E-state index contributed by atoms with van der Waals surface area (Å²) in [5, 5.41) is 8.79. The average Bonchev–Trinajstić information content (AvgIpc) is 2.37. The van der Waals surface area contributed by atoms with Gasteiger partial charge in [-0.3, -0.25) is 4.79 Å². The first-order valence-corrected chi connectivity index (χ1v) is 6.06. The predicted octanol–water partition coefficient (Wildman–Crippen LogP) is 1.65. The Morgan fingerprint density at radius 2 is 2.20 bits per heavy atom. The molecule has 1 unspecified atom stereocenters. The molecule has 0 saturated carbocycles. The van der Waals surface area contributed by atoms with Crippen molar-refractivity contribution in [2.75, 3.05) is 19.7 Å². The summed E-state index contributed by atoms with van der Waals surface area (Å²) in [6.07, 6.45) is 4.01. The smallest absolute Gasteiger partial charge is 0.225 e. The second-order valence-electron chi connectivity index (χ2n) is 4.75. The molecule has 0 aromatic heterocycles. The number of rotatable bonds is 4. The Morgan fingerprint density at radius 1 is 1.47 bits per heavy atom. The highest BCUT2D eigenvalue weighted by Gasteiger charge is 2.28. The van der Waals surface area contributed by atoms with Crippen molar-refractivity contribution in [2.24, 2.45) is 11.8 Å². The van der Waals surface area contributed by atoms with Gasteiger partial charge in [0.15, 0.2) is 0 Å². The van der Waals surface area contributed by atoms with Crippen LogP contribution in [0.5, 0.6) is 0 Å². The van der Waals surface area contributed by atoms with Crippen LogP contribution in [-0.2, 0) is 4.79 Å². The summed E-state index contributed by atoms with van der Waals surface area (Å²) in [5.74, 6) is 0.939. The van der Waals surface area contributed by atoms with Gasteiger partial charge in [0, 0.05) is 25.6 Å². The van der Waals surface area contributed by atoms with Gasteiger partial charge in [-0.25, -0.2) is 0 Å². The number of amides is 1. The van der Waals surface area contributed by atoms with Crippen molar-refractivity contribution >= 4 is 5.91 Å². The Balaban J connectivity index is 2.58. The van der Waals surface area contributed by atoms with Gasteiger partial charge < -0.3 is 10.0 Å². The van der Waals surface area contributed by atoms with Crippen molar-refractivity contribution < 1.29 is 9.90 Å². The van der Waals surface area contributed by atoms with Crippen molar-refractivity contribution in [1.29, 1.82) is 0 Å². The molecule has 1 aliphatic heterocycles. The molecule has 1 saturated heterocycles. The monoisotopic (exact) mass is 213 g/mol. The highest BCUT2D eigenvalue weighted by atomic mass is 16.3. The van der Waals surface area contributed by atoms with Crippen LogP contribution in [0.1, 0.15) is 39.5 Å². The highest BCUT2D eigenvalue weighted by molar-refractivity contribution is 5.79. The summed E-state index contributed by atoms with van der Waals surface area (Å²) in [6, 6.07) is 0. The van der Waals surface area contributed by atoms with E-state index in [4.69, 9.17) is 5.11 Å². The molecule has 15 heavy (non-hydrogen) atoms. The third kappa shape index (κ3) is 3.49. The minimum Gasteiger partial charge on any atom is -0.396 e. The molecule has 3 heteroatoms. The molecule has 0 bridgehead atoms. The molecule has 1 N–H and O–H groups in total. The molecule has 1 amide bonds. The molecule has 0 radical (unpaired) electrons. The zero-order valence-corrected chi connectivity index (χ0v) is 9.91. The molecule has 1 aliphatic rings. The lowest BCUT2D eigenvalue weighted by Crippen LogP contribution is -2.37. The van der Waals surface area contributed by atoms with Gasteiger partial charge in [-0.2, -0.15) is 0 Å². The van der Waals surface area contributed by atoms with Gasteiger partial charge in [0.25, 0.3) is 0 Å². The Bertz CT molecular complexity index is 204. The largest absolute Gasteiger partial charge is 0.396 e. The SMILES string of the molecule is CC(C)C1CCCCN(CCCO)C1=O. The highest BCUT2D eigenvalue weighted by Crippen LogP contribution is 2.24. The first-order chi connectivity index (χ1) is 7.16. The molecule has 3 nitrogen and oxygen atoms in total. The van der Waals surface area contributed by atoms with Crippen LogP contribution in [0.2, 0.25) is 0 Å². The van der Waals surface area contributed by atoms with E-state index >= 15 is 0 Å². The maximum absolute atomic E-state index is 12.1. The third-order valence-electron chi connectivity index (χ3n) is 3.21. The zero-order chi connectivity index (χ0) is 11.3. The van der Waals surface area contributed by atoms with Gasteiger partial charge >= 0.3 is 0 Å². The molecule has 1 atom stereocenters. The van der Waals surface area contributed by atoms with Crippen LogP contribution in [0, 0.1) is 11.8 Å². The van der Waals surface area contributed by atoms with Crippen molar-refractivity contribution in [3.05, 3.63) is 0 Å². The van der Waals surface area contributed by atoms with Crippen molar-refractivity contribution in [3.8, 4) is 0 Å². The minimum absolute atomic E-state index is 0.177. The van der Waals surface area contributed by atoms with E-state index in [0.29, 0.717) is 18.2 Å². The van der Waals surface area contributed by atoms with Crippen molar-refractivity contribution in [1.82, 2.24) is 4.90 Å². The molecule has 0 spiro atoms. The molecule has 88 valence electrons. The summed E-state index contributed by atoms with van der Waals surface area (Å²) in [4.78, 5) is 14.1. The minimum atomic E-state index is 0.177. The summed E-state index contributed by atoms with van der Waals surface area (Å²) in [6.45, 7) is 6.02. The van der Waals surface area contributed by atoms with Crippen LogP contribution in [0.3, 0.4) is 0 Å².